The Hall–Kier alpha value is -1.63. The van der Waals surface area contributed by atoms with Crippen molar-refractivity contribution in [2.75, 3.05) is 13.4 Å². The van der Waals surface area contributed by atoms with Crippen LogP contribution >= 0.6 is 11.6 Å². The summed E-state index contributed by atoms with van der Waals surface area (Å²) >= 11 is 6.48. The van der Waals surface area contributed by atoms with E-state index in [-0.39, 0.29) is 6.61 Å². The third-order valence-electron chi connectivity index (χ3n) is 5.15. The molecule has 0 aliphatic carbocycles. The van der Waals surface area contributed by atoms with Crippen LogP contribution in [0.5, 0.6) is 5.75 Å². The first-order valence-electron chi connectivity index (χ1n) is 9.62. The average molecular weight is 407 g/mol. The maximum Gasteiger partial charge on any atom is 0.186 e. The number of aliphatic hydroxyl groups is 3. The molecular weight excluding hydrogens is 380 g/mol. The van der Waals surface area contributed by atoms with Crippen LogP contribution in [0.25, 0.3) is 0 Å². The van der Waals surface area contributed by atoms with E-state index in [0.29, 0.717) is 30.0 Å². The molecule has 0 spiro atoms. The minimum absolute atomic E-state index is 0.159. The van der Waals surface area contributed by atoms with Gasteiger partial charge in [-0.05, 0) is 41.7 Å². The van der Waals surface area contributed by atoms with Crippen LogP contribution < -0.4 is 4.74 Å². The number of hydrogen-bond donors (Lipinski definition) is 3. The van der Waals surface area contributed by atoms with Crippen molar-refractivity contribution in [3.63, 3.8) is 0 Å². The molecule has 3 N–H and O–H groups in total. The third kappa shape index (κ3) is 5.04. The zero-order valence-corrected chi connectivity index (χ0v) is 16.7. The predicted molar refractivity (Wildman–Crippen MR) is 108 cm³/mol. The van der Waals surface area contributed by atoms with Crippen LogP contribution in [0.4, 0.5) is 0 Å². The van der Waals surface area contributed by atoms with Gasteiger partial charge in [0, 0.05) is 23.4 Å². The van der Waals surface area contributed by atoms with Gasteiger partial charge in [0.25, 0.3) is 0 Å². The Morgan fingerprint density at radius 3 is 2.46 bits per heavy atom. The average Bonchev–Trinajstić information content (AvgIpc) is 2.70. The van der Waals surface area contributed by atoms with Crippen molar-refractivity contribution in [2.45, 2.75) is 50.9 Å². The molecule has 0 radical (unpaired) electrons. The lowest BCUT2D eigenvalue weighted by Crippen LogP contribution is -2.33. The second-order valence-corrected chi connectivity index (χ2v) is 7.56. The van der Waals surface area contributed by atoms with Crippen molar-refractivity contribution >= 4 is 11.6 Å². The number of ether oxygens (including phenoxy) is 2. The number of rotatable bonds is 7. The van der Waals surface area contributed by atoms with Gasteiger partial charge in [-0.3, -0.25) is 0 Å². The van der Waals surface area contributed by atoms with Crippen LogP contribution in [-0.2, 0) is 17.6 Å². The molecule has 2 aromatic carbocycles. The normalized spacial score (nSPS) is 22.2. The summed E-state index contributed by atoms with van der Waals surface area (Å²) in [5.74, 6) is 0.424. The van der Waals surface area contributed by atoms with Gasteiger partial charge in [0.1, 0.15) is 5.75 Å². The molecule has 0 bridgehead atoms. The molecule has 6 heteroatoms. The van der Waals surface area contributed by atoms with Gasteiger partial charge in [-0.25, -0.2) is 0 Å². The molecule has 1 fully saturated rings. The summed E-state index contributed by atoms with van der Waals surface area (Å²) in [5.41, 5.74) is 4.05. The first-order valence-corrected chi connectivity index (χ1v) is 10.00. The summed E-state index contributed by atoms with van der Waals surface area (Å²) in [7, 11) is 0. The Balaban J connectivity index is 1.92. The molecule has 0 amide bonds. The van der Waals surface area contributed by atoms with E-state index in [2.05, 4.69) is 31.2 Å². The van der Waals surface area contributed by atoms with Crippen LogP contribution in [0.2, 0.25) is 5.02 Å². The van der Waals surface area contributed by atoms with Crippen LogP contribution in [0.1, 0.15) is 48.1 Å². The zero-order chi connectivity index (χ0) is 20.1. The Morgan fingerprint density at radius 1 is 1.11 bits per heavy atom. The molecule has 3 rings (SSSR count). The van der Waals surface area contributed by atoms with E-state index >= 15 is 0 Å². The van der Waals surface area contributed by atoms with Gasteiger partial charge in [-0.2, -0.15) is 0 Å². The van der Waals surface area contributed by atoms with Crippen molar-refractivity contribution in [3.05, 3.63) is 63.7 Å². The molecule has 5 nitrogen and oxygen atoms in total. The zero-order valence-electron chi connectivity index (χ0n) is 16.0. The first kappa shape index (κ1) is 21.1. The Bertz CT molecular complexity index is 777. The lowest BCUT2D eigenvalue weighted by molar-refractivity contribution is -0.114. The van der Waals surface area contributed by atoms with Crippen molar-refractivity contribution in [2.24, 2.45) is 0 Å². The van der Waals surface area contributed by atoms with Gasteiger partial charge in [0.15, 0.2) is 6.79 Å². The van der Waals surface area contributed by atoms with E-state index < -0.39 is 25.1 Å². The number of hydrogen-bond acceptors (Lipinski definition) is 5. The minimum atomic E-state index is -0.571. The highest BCUT2D eigenvalue weighted by atomic mass is 35.5. The fraction of sp³-hybridized carbons (Fsp3) is 0.455. The van der Waals surface area contributed by atoms with Crippen LogP contribution in [-0.4, -0.2) is 40.9 Å². The van der Waals surface area contributed by atoms with E-state index in [1.807, 2.05) is 6.07 Å². The molecule has 1 aliphatic rings. The van der Waals surface area contributed by atoms with E-state index in [4.69, 9.17) is 21.1 Å². The molecule has 1 saturated heterocycles. The van der Waals surface area contributed by atoms with Crippen molar-refractivity contribution in [3.8, 4) is 5.75 Å². The number of benzene rings is 2. The standard InChI is InChI=1S/C22H27ClO5/c1-2-14-3-5-15(6-4-14)7-16-8-19(21(27-13-25)11-20(16)23)22-10-17(26)9-18(12-24)28-22/h3-6,8,11,17-18,22,24-26H,2,7,9-10,12-13H2,1H3/t17?,18?,22-/m1/s1. The van der Waals surface area contributed by atoms with Crippen molar-refractivity contribution in [1.82, 2.24) is 0 Å². The van der Waals surface area contributed by atoms with Gasteiger partial charge in [0.05, 0.1) is 24.9 Å². The highest BCUT2D eigenvalue weighted by Gasteiger charge is 2.31. The lowest BCUT2D eigenvalue weighted by Gasteiger charge is -2.33. The highest BCUT2D eigenvalue weighted by Crippen LogP contribution is 2.39. The molecule has 2 aromatic rings. The topological polar surface area (TPSA) is 79.2 Å². The van der Waals surface area contributed by atoms with E-state index in [1.165, 1.54) is 5.56 Å². The van der Waals surface area contributed by atoms with Crippen LogP contribution in [0, 0.1) is 0 Å². The molecule has 152 valence electrons. The van der Waals surface area contributed by atoms with Crippen LogP contribution in [0.15, 0.2) is 36.4 Å². The minimum Gasteiger partial charge on any atom is -0.467 e. The summed E-state index contributed by atoms with van der Waals surface area (Å²) in [4.78, 5) is 0. The molecule has 1 aliphatic heterocycles. The third-order valence-corrected chi connectivity index (χ3v) is 5.50. The lowest BCUT2D eigenvalue weighted by atomic mass is 9.93. The molecular formula is C22H27ClO5. The van der Waals surface area contributed by atoms with Crippen molar-refractivity contribution < 1.29 is 24.8 Å². The molecule has 28 heavy (non-hydrogen) atoms. The summed E-state index contributed by atoms with van der Waals surface area (Å²) in [6.07, 6.45) is 0.980. The largest absolute Gasteiger partial charge is 0.467 e. The van der Waals surface area contributed by atoms with E-state index in [0.717, 1.165) is 23.1 Å². The molecule has 0 saturated carbocycles. The fourth-order valence-electron chi connectivity index (χ4n) is 3.62. The smallest absolute Gasteiger partial charge is 0.186 e. The monoisotopic (exact) mass is 406 g/mol. The number of aliphatic hydroxyl groups excluding tert-OH is 3. The molecule has 1 heterocycles. The summed E-state index contributed by atoms with van der Waals surface area (Å²) in [6.45, 7) is 1.48. The Labute approximate surface area is 170 Å². The number of halogens is 1. The number of aryl methyl sites for hydroxylation is 1. The highest BCUT2D eigenvalue weighted by molar-refractivity contribution is 6.31. The Kier molecular flexibility index (Phi) is 7.32. The van der Waals surface area contributed by atoms with Gasteiger partial charge in [0.2, 0.25) is 0 Å². The second kappa shape index (κ2) is 9.72. The van der Waals surface area contributed by atoms with Gasteiger partial charge < -0.3 is 24.8 Å². The maximum atomic E-state index is 10.2. The quantitative estimate of drug-likeness (QED) is 0.614. The summed E-state index contributed by atoms with van der Waals surface area (Å²) in [5, 5.41) is 29.4. The fourth-order valence-corrected chi connectivity index (χ4v) is 3.84. The molecule has 2 unspecified atom stereocenters. The van der Waals surface area contributed by atoms with Crippen molar-refractivity contribution in [1.29, 1.82) is 0 Å². The Morgan fingerprint density at radius 2 is 1.82 bits per heavy atom. The van der Waals surface area contributed by atoms with Crippen LogP contribution in [0.3, 0.4) is 0 Å². The summed E-state index contributed by atoms with van der Waals surface area (Å²) in [6, 6.07) is 12.0. The predicted octanol–water partition coefficient (Wildman–Crippen LogP) is 3.40. The molecule has 0 aromatic heterocycles. The van der Waals surface area contributed by atoms with E-state index in [1.54, 1.807) is 6.07 Å². The molecule has 3 atom stereocenters. The summed E-state index contributed by atoms with van der Waals surface area (Å²) < 4.78 is 11.3. The van der Waals surface area contributed by atoms with Gasteiger partial charge in [-0.1, -0.05) is 42.8 Å². The second-order valence-electron chi connectivity index (χ2n) is 7.16. The van der Waals surface area contributed by atoms with Gasteiger partial charge in [-0.15, -0.1) is 0 Å². The first-order chi connectivity index (χ1) is 13.5. The van der Waals surface area contributed by atoms with E-state index in [9.17, 15) is 15.3 Å². The maximum absolute atomic E-state index is 10.2. The van der Waals surface area contributed by atoms with Gasteiger partial charge >= 0.3 is 0 Å². The SMILES string of the molecule is CCc1ccc(Cc2cc([C@H]3CC(O)CC(CO)O3)c(OCO)cc2Cl)cc1.